The lowest BCUT2D eigenvalue weighted by molar-refractivity contribution is -0.123. The molecule has 1 rings (SSSR count). The molecule has 4 heteroatoms. The van der Waals surface area contributed by atoms with Crippen molar-refractivity contribution in [1.82, 2.24) is 5.32 Å². The largest absolute Gasteiger partial charge is 0.484 e. The molecule has 0 unspecified atom stereocenters. The van der Waals surface area contributed by atoms with Gasteiger partial charge in [0.2, 0.25) is 0 Å². The van der Waals surface area contributed by atoms with Crippen LogP contribution in [0.3, 0.4) is 0 Å². The average molecular weight is 333 g/mol. The van der Waals surface area contributed by atoms with Crippen molar-refractivity contribution in [2.24, 2.45) is 0 Å². The van der Waals surface area contributed by atoms with Crippen LogP contribution in [-0.2, 0) is 4.79 Å². The van der Waals surface area contributed by atoms with Crippen molar-refractivity contribution in [1.29, 1.82) is 0 Å². The van der Waals surface area contributed by atoms with E-state index in [4.69, 9.17) is 4.74 Å². The summed E-state index contributed by atoms with van der Waals surface area (Å²) in [5, 5.41) is 2.85. The van der Waals surface area contributed by atoms with Crippen LogP contribution >= 0.6 is 22.6 Å². The molecule has 16 heavy (non-hydrogen) atoms. The van der Waals surface area contributed by atoms with Crippen LogP contribution in [0.2, 0.25) is 0 Å². The summed E-state index contributed by atoms with van der Waals surface area (Å²) >= 11 is 2.22. The summed E-state index contributed by atoms with van der Waals surface area (Å²) < 4.78 is 6.50. The summed E-state index contributed by atoms with van der Waals surface area (Å²) in [5.41, 5.74) is 0. The molecular formula is C12H16INO2. The number of hydrogen-bond donors (Lipinski definition) is 1. The normalized spacial score (nSPS) is 11.9. The van der Waals surface area contributed by atoms with Gasteiger partial charge in [0, 0.05) is 9.61 Å². The molecule has 1 amide bonds. The SMILES string of the molecule is CC[C@H](C)NC(=O)COc1ccc(I)cc1. The second-order valence-electron chi connectivity index (χ2n) is 3.62. The number of nitrogens with one attached hydrogen (secondary N) is 1. The number of ether oxygens (including phenoxy) is 1. The van der Waals surface area contributed by atoms with Crippen molar-refractivity contribution in [2.45, 2.75) is 26.3 Å². The lowest BCUT2D eigenvalue weighted by Gasteiger charge is -2.11. The number of rotatable bonds is 5. The highest BCUT2D eigenvalue weighted by molar-refractivity contribution is 14.1. The molecule has 3 nitrogen and oxygen atoms in total. The van der Waals surface area contributed by atoms with E-state index in [0.29, 0.717) is 0 Å². The Balaban J connectivity index is 2.34. The molecule has 1 N–H and O–H groups in total. The van der Waals surface area contributed by atoms with Gasteiger partial charge in [-0.1, -0.05) is 6.92 Å². The molecule has 1 atom stereocenters. The number of carbonyl (C=O) groups is 1. The van der Waals surface area contributed by atoms with Crippen molar-refractivity contribution in [3.8, 4) is 5.75 Å². The van der Waals surface area contributed by atoms with Crippen LogP contribution in [0.25, 0.3) is 0 Å². The van der Waals surface area contributed by atoms with Crippen LogP contribution in [0, 0.1) is 3.57 Å². The first kappa shape index (κ1) is 13.3. The van der Waals surface area contributed by atoms with Gasteiger partial charge >= 0.3 is 0 Å². The first-order valence-corrected chi connectivity index (χ1v) is 6.37. The third kappa shape index (κ3) is 4.83. The Labute approximate surface area is 110 Å². The average Bonchev–Trinajstić information content (AvgIpc) is 2.28. The van der Waals surface area contributed by atoms with E-state index in [-0.39, 0.29) is 18.6 Å². The number of benzene rings is 1. The topological polar surface area (TPSA) is 38.3 Å². The Hall–Kier alpha value is -0.780. The fourth-order valence-electron chi connectivity index (χ4n) is 1.10. The highest BCUT2D eigenvalue weighted by Gasteiger charge is 2.05. The van der Waals surface area contributed by atoms with Gasteiger partial charge in [-0.05, 0) is 60.2 Å². The standard InChI is InChI=1S/C12H16INO2/c1-3-9(2)14-12(15)8-16-11-6-4-10(13)5-7-11/h4-7,9H,3,8H2,1-2H3,(H,14,15)/t9-/m0/s1. The van der Waals surface area contributed by atoms with E-state index >= 15 is 0 Å². The number of carbonyl (C=O) groups excluding carboxylic acids is 1. The van der Waals surface area contributed by atoms with E-state index in [1.54, 1.807) is 0 Å². The van der Waals surface area contributed by atoms with E-state index in [1.165, 1.54) is 0 Å². The Bertz CT molecular complexity index is 337. The van der Waals surface area contributed by atoms with Gasteiger partial charge in [-0.2, -0.15) is 0 Å². The highest BCUT2D eigenvalue weighted by atomic mass is 127. The molecule has 0 saturated heterocycles. The van der Waals surface area contributed by atoms with Crippen molar-refractivity contribution in [2.75, 3.05) is 6.61 Å². The molecule has 0 aliphatic carbocycles. The monoisotopic (exact) mass is 333 g/mol. The van der Waals surface area contributed by atoms with Gasteiger partial charge in [0.1, 0.15) is 5.75 Å². The molecule has 0 bridgehead atoms. The molecule has 0 heterocycles. The van der Waals surface area contributed by atoms with Gasteiger partial charge in [-0.25, -0.2) is 0 Å². The lowest BCUT2D eigenvalue weighted by Crippen LogP contribution is -2.35. The smallest absolute Gasteiger partial charge is 0.258 e. The minimum atomic E-state index is -0.0760. The first-order chi connectivity index (χ1) is 7.61. The molecule has 0 saturated carbocycles. The van der Waals surface area contributed by atoms with Gasteiger partial charge in [-0.15, -0.1) is 0 Å². The lowest BCUT2D eigenvalue weighted by atomic mass is 10.2. The van der Waals surface area contributed by atoms with Crippen molar-refractivity contribution in [3.05, 3.63) is 27.8 Å². The quantitative estimate of drug-likeness (QED) is 0.841. The van der Waals surface area contributed by atoms with Crippen LogP contribution in [0.4, 0.5) is 0 Å². The maximum absolute atomic E-state index is 11.4. The third-order valence-corrected chi connectivity index (χ3v) is 2.92. The van der Waals surface area contributed by atoms with Crippen LogP contribution in [0.5, 0.6) is 5.75 Å². The molecule has 1 aromatic carbocycles. The van der Waals surface area contributed by atoms with E-state index in [1.807, 2.05) is 38.1 Å². The molecule has 1 aromatic rings. The molecule has 88 valence electrons. The van der Waals surface area contributed by atoms with Gasteiger partial charge in [-0.3, -0.25) is 4.79 Å². The van der Waals surface area contributed by atoms with Crippen molar-refractivity contribution in [3.63, 3.8) is 0 Å². The maximum Gasteiger partial charge on any atom is 0.258 e. The minimum absolute atomic E-state index is 0.0743. The Kier molecular flexibility index (Phi) is 5.59. The Morgan fingerprint density at radius 3 is 2.62 bits per heavy atom. The first-order valence-electron chi connectivity index (χ1n) is 5.29. The predicted octanol–water partition coefficient (Wildman–Crippen LogP) is 2.58. The zero-order valence-corrected chi connectivity index (χ0v) is 11.7. The van der Waals surface area contributed by atoms with Crippen LogP contribution < -0.4 is 10.1 Å². The van der Waals surface area contributed by atoms with Crippen LogP contribution in [0.15, 0.2) is 24.3 Å². The fourth-order valence-corrected chi connectivity index (χ4v) is 1.46. The van der Waals surface area contributed by atoms with E-state index in [0.717, 1.165) is 15.7 Å². The number of halogens is 1. The zero-order chi connectivity index (χ0) is 12.0. The second kappa shape index (κ2) is 6.73. The summed E-state index contributed by atoms with van der Waals surface area (Å²) in [6.45, 7) is 4.08. The van der Waals surface area contributed by atoms with Gasteiger partial charge in [0.15, 0.2) is 6.61 Å². The molecule has 0 aliphatic rings. The Morgan fingerprint density at radius 2 is 2.06 bits per heavy atom. The highest BCUT2D eigenvalue weighted by Crippen LogP contribution is 2.13. The molecule has 0 aromatic heterocycles. The van der Waals surface area contributed by atoms with E-state index < -0.39 is 0 Å². The van der Waals surface area contributed by atoms with Gasteiger partial charge in [0.25, 0.3) is 5.91 Å². The number of amides is 1. The summed E-state index contributed by atoms with van der Waals surface area (Å²) in [5.74, 6) is 0.646. The zero-order valence-electron chi connectivity index (χ0n) is 9.50. The third-order valence-electron chi connectivity index (χ3n) is 2.20. The minimum Gasteiger partial charge on any atom is -0.484 e. The second-order valence-corrected chi connectivity index (χ2v) is 4.87. The Morgan fingerprint density at radius 1 is 1.44 bits per heavy atom. The van der Waals surface area contributed by atoms with Crippen LogP contribution in [0.1, 0.15) is 20.3 Å². The van der Waals surface area contributed by atoms with E-state index in [2.05, 4.69) is 27.9 Å². The summed E-state index contributed by atoms with van der Waals surface area (Å²) in [6, 6.07) is 7.81. The predicted molar refractivity (Wildman–Crippen MR) is 72.5 cm³/mol. The summed E-state index contributed by atoms with van der Waals surface area (Å²) in [6.07, 6.45) is 0.926. The summed E-state index contributed by atoms with van der Waals surface area (Å²) in [7, 11) is 0. The van der Waals surface area contributed by atoms with E-state index in [9.17, 15) is 4.79 Å². The van der Waals surface area contributed by atoms with Gasteiger partial charge < -0.3 is 10.1 Å². The maximum atomic E-state index is 11.4. The molecule has 0 radical (unpaired) electrons. The van der Waals surface area contributed by atoms with Gasteiger partial charge in [0.05, 0.1) is 0 Å². The summed E-state index contributed by atoms with van der Waals surface area (Å²) in [4.78, 5) is 11.4. The molecular weight excluding hydrogens is 317 g/mol. The fraction of sp³-hybridized carbons (Fsp3) is 0.417. The molecule has 0 fully saturated rings. The van der Waals surface area contributed by atoms with Crippen LogP contribution in [-0.4, -0.2) is 18.6 Å². The number of hydrogen-bond acceptors (Lipinski definition) is 2. The molecule has 0 spiro atoms. The van der Waals surface area contributed by atoms with Crippen molar-refractivity contribution < 1.29 is 9.53 Å². The van der Waals surface area contributed by atoms with Crippen molar-refractivity contribution >= 4 is 28.5 Å². The molecule has 0 aliphatic heterocycles.